The van der Waals surface area contributed by atoms with Gasteiger partial charge < -0.3 is 10.1 Å². The van der Waals surface area contributed by atoms with Crippen LogP contribution in [0.25, 0.3) is 10.2 Å². The summed E-state index contributed by atoms with van der Waals surface area (Å²) in [7, 11) is 0. The minimum atomic E-state index is -0.337. The number of benzene rings is 2. The monoisotopic (exact) mass is 437 g/mol. The summed E-state index contributed by atoms with van der Waals surface area (Å²) >= 11 is 7.55. The first-order valence-electron chi connectivity index (χ1n) is 9.51. The first kappa shape index (κ1) is 20.3. The van der Waals surface area contributed by atoms with Gasteiger partial charge in [-0.3, -0.25) is 0 Å². The normalized spacial score (nSPS) is 10.9. The minimum Gasteiger partial charge on any atom is -0.461 e. The van der Waals surface area contributed by atoms with E-state index >= 15 is 0 Å². The van der Waals surface area contributed by atoms with E-state index in [0.29, 0.717) is 28.7 Å². The first-order valence-corrected chi connectivity index (χ1v) is 10.7. The Labute approximate surface area is 183 Å². The number of rotatable bonds is 6. The maximum atomic E-state index is 12.7. The first-order chi connectivity index (χ1) is 14.5. The molecule has 30 heavy (non-hydrogen) atoms. The quantitative estimate of drug-likeness (QED) is 0.369. The molecule has 0 saturated heterocycles. The maximum Gasteiger partial charge on any atom is 0.348 e. The highest BCUT2D eigenvalue weighted by molar-refractivity contribution is 7.20. The van der Waals surface area contributed by atoms with Gasteiger partial charge in [0.2, 0.25) is 0 Å². The molecule has 0 fully saturated rings. The molecule has 2 aromatic carbocycles. The van der Waals surface area contributed by atoms with Crippen LogP contribution in [0.4, 0.5) is 11.5 Å². The SMILES string of the molecule is Cc1ccc(Nc2ncnc3sc(C(=O)OCCc4ccccc4)c(C)c23)cc1Cl. The van der Waals surface area contributed by atoms with Crippen LogP contribution >= 0.6 is 22.9 Å². The summed E-state index contributed by atoms with van der Waals surface area (Å²) in [5.74, 6) is 0.299. The van der Waals surface area contributed by atoms with E-state index in [1.54, 1.807) is 0 Å². The highest BCUT2D eigenvalue weighted by atomic mass is 35.5. The number of ether oxygens (including phenoxy) is 1. The number of carbonyl (C=O) groups excluding carboxylic acids is 1. The summed E-state index contributed by atoms with van der Waals surface area (Å²) in [6.45, 7) is 4.17. The van der Waals surface area contributed by atoms with Crippen LogP contribution in [0.3, 0.4) is 0 Å². The van der Waals surface area contributed by atoms with E-state index in [2.05, 4.69) is 15.3 Å². The van der Waals surface area contributed by atoms with E-state index in [1.807, 2.05) is 62.4 Å². The van der Waals surface area contributed by atoms with E-state index in [4.69, 9.17) is 16.3 Å². The van der Waals surface area contributed by atoms with Crippen molar-refractivity contribution in [3.05, 3.63) is 81.4 Å². The molecule has 0 aliphatic heterocycles. The molecule has 2 heterocycles. The molecular weight excluding hydrogens is 418 g/mol. The second kappa shape index (κ2) is 8.81. The molecule has 0 spiro atoms. The van der Waals surface area contributed by atoms with Crippen LogP contribution in [0, 0.1) is 13.8 Å². The molecule has 7 heteroatoms. The Kier molecular flexibility index (Phi) is 5.97. The lowest BCUT2D eigenvalue weighted by atomic mass is 10.2. The van der Waals surface area contributed by atoms with Gasteiger partial charge in [0.15, 0.2) is 0 Å². The fourth-order valence-corrected chi connectivity index (χ4v) is 4.36. The number of esters is 1. The molecule has 0 unspecified atom stereocenters. The van der Waals surface area contributed by atoms with Crippen molar-refractivity contribution >= 4 is 50.6 Å². The summed E-state index contributed by atoms with van der Waals surface area (Å²) in [5, 5.41) is 4.78. The Morgan fingerprint density at radius 1 is 1.13 bits per heavy atom. The van der Waals surface area contributed by atoms with Crippen molar-refractivity contribution in [2.45, 2.75) is 20.3 Å². The van der Waals surface area contributed by atoms with Crippen molar-refractivity contribution in [1.29, 1.82) is 0 Å². The molecule has 0 aliphatic rings. The lowest BCUT2D eigenvalue weighted by molar-refractivity contribution is 0.0514. The molecule has 1 N–H and O–H groups in total. The van der Waals surface area contributed by atoms with Crippen LogP contribution in [-0.2, 0) is 11.2 Å². The van der Waals surface area contributed by atoms with Crippen molar-refractivity contribution in [3.8, 4) is 0 Å². The molecule has 0 atom stereocenters. The second-order valence-electron chi connectivity index (χ2n) is 6.92. The Bertz CT molecular complexity index is 1210. The van der Waals surface area contributed by atoms with Crippen LogP contribution in [0.5, 0.6) is 0 Å². The maximum absolute atomic E-state index is 12.7. The Balaban J connectivity index is 1.55. The zero-order chi connectivity index (χ0) is 21.1. The van der Waals surface area contributed by atoms with E-state index in [9.17, 15) is 4.79 Å². The molecule has 0 saturated carbocycles. The average molecular weight is 438 g/mol. The van der Waals surface area contributed by atoms with Crippen molar-refractivity contribution in [2.24, 2.45) is 0 Å². The number of thiophene rings is 1. The fourth-order valence-electron chi connectivity index (χ4n) is 3.14. The third kappa shape index (κ3) is 4.30. The minimum absolute atomic E-state index is 0.329. The van der Waals surface area contributed by atoms with Gasteiger partial charge in [0.1, 0.15) is 21.9 Å². The van der Waals surface area contributed by atoms with E-state index in [0.717, 1.165) is 32.6 Å². The van der Waals surface area contributed by atoms with E-state index in [-0.39, 0.29) is 5.97 Å². The van der Waals surface area contributed by atoms with E-state index in [1.165, 1.54) is 17.7 Å². The lowest BCUT2D eigenvalue weighted by Crippen LogP contribution is -2.07. The summed E-state index contributed by atoms with van der Waals surface area (Å²) < 4.78 is 5.51. The summed E-state index contributed by atoms with van der Waals surface area (Å²) in [5.41, 5.74) is 3.76. The average Bonchev–Trinajstić information content (AvgIpc) is 3.09. The molecule has 0 bridgehead atoms. The number of halogens is 1. The summed E-state index contributed by atoms with van der Waals surface area (Å²) in [6.07, 6.45) is 2.16. The number of aryl methyl sites for hydroxylation is 2. The van der Waals surface area contributed by atoms with Crippen LogP contribution in [-0.4, -0.2) is 22.5 Å². The second-order valence-corrected chi connectivity index (χ2v) is 8.33. The molecule has 152 valence electrons. The Morgan fingerprint density at radius 2 is 1.93 bits per heavy atom. The zero-order valence-corrected chi connectivity index (χ0v) is 18.2. The van der Waals surface area contributed by atoms with E-state index < -0.39 is 0 Å². The Hall–Kier alpha value is -2.96. The van der Waals surface area contributed by atoms with Gasteiger partial charge in [0.05, 0.1) is 12.0 Å². The highest BCUT2D eigenvalue weighted by Gasteiger charge is 2.20. The van der Waals surface area contributed by atoms with Gasteiger partial charge in [0, 0.05) is 17.1 Å². The predicted octanol–water partition coefficient (Wildman–Crippen LogP) is 6.10. The van der Waals surface area contributed by atoms with Gasteiger partial charge in [-0.25, -0.2) is 14.8 Å². The van der Waals surface area contributed by atoms with Crippen LogP contribution in [0.15, 0.2) is 54.9 Å². The van der Waals surface area contributed by atoms with Crippen LogP contribution in [0.2, 0.25) is 5.02 Å². The fraction of sp³-hybridized carbons (Fsp3) is 0.174. The van der Waals surface area contributed by atoms with Gasteiger partial charge in [-0.15, -0.1) is 11.3 Å². The number of hydrogen-bond acceptors (Lipinski definition) is 6. The highest BCUT2D eigenvalue weighted by Crippen LogP contribution is 2.35. The number of fused-ring (bicyclic) bond motifs is 1. The van der Waals surface area contributed by atoms with Gasteiger partial charge in [-0.2, -0.15) is 0 Å². The largest absolute Gasteiger partial charge is 0.461 e. The lowest BCUT2D eigenvalue weighted by Gasteiger charge is -2.09. The molecule has 0 aliphatic carbocycles. The third-order valence-corrected chi connectivity index (χ3v) is 6.40. The summed E-state index contributed by atoms with van der Waals surface area (Å²) in [6, 6.07) is 15.7. The van der Waals surface area contributed by atoms with Gasteiger partial charge in [-0.05, 0) is 42.7 Å². The predicted molar refractivity (Wildman–Crippen MR) is 122 cm³/mol. The number of anilines is 2. The van der Waals surface area contributed by atoms with Crippen LogP contribution in [0.1, 0.15) is 26.4 Å². The van der Waals surface area contributed by atoms with Crippen molar-refractivity contribution < 1.29 is 9.53 Å². The number of aromatic nitrogens is 2. The molecular formula is C23H20ClN3O2S. The topological polar surface area (TPSA) is 64.1 Å². The smallest absolute Gasteiger partial charge is 0.348 e. The summed E-state index contributed by atoms with van der Waals surface area (Å²) in [4.78, 5) is 22.7. The number of hydrogen-bond donors (Lipinski definition) is 1. The standard InChI is InChI=1S/C23H20ClN3O2S/c1-14-8-9-17(12-18(14)24)27-21-19-15(2)20(30-22(19)26-13-25-21)23(28)29-11-10-16-6-4-3-5-7-16/h3-9,12-13H,10-11H2,1-2H3,(H,25,26,27). The molecule has 5 nitrogen and oxygen atoms in total. The van der Waals surface area contributed by atoms with Gasteiger partial charge in [0.25, 0.3) is 0 Å². The third-order valence-electron chi connectivity index (χ3n) is 4.81. The molecule has 2 aromatic heterocycles. The molecule has 4 rings (SSSR count). The van der Waals surface area contributed by atoms with Crippen molar-refractivity contribution in [1.82, 2.24) is 9.97 Å². The van der Waals surface area contributed by atoms with Crippen molar-refractivity contribution in [2.75, 3.05) is 11.9 Å². The molecule has 4 aromatic rings. The number of nitrogens with one attached hydrogen (secondary N) is 1. The molecule has 0 radical (unpaired) electrons. The molecule has 0 amide bonds. The van der Waals surface area contributed by atoms with Crippen LogP contribution < -0.4 is 5.32 Å². The van der Waals surface area contributed by atoms with Crippen molar-refractivity contribution in [3.63, 3.8) is 0 Å². The Morgan fingerprint density at radius 3 is 2.70 bits per heavy atom. The zero-order valence-electron chi connectivity index (χ0n) is 16.6. The number of nitrogens with zero attached hydrogens (tertiary/aromatic N) is 2. The number of carbonyl (C=O) groups is 1. The van der Waals surface area contributed by atoms with Gasteiger partial charge >= 0.3 is 5.97 Å². The van der Waals surface area contributed by atoms with Gasteiger partial charge in [-0.1, -0.05) is 48.0 Å².